The minimum atomic E-state index is -0.422. The van der Waals surface area contributed by atoms with Gasteiger partial charge in [0.15, 0.2) is 0 Å². The summed E-state index contributed by atoms with van der Waals surface area (Å²) in [6, 6.07) is 1.45. The maximum absolute atomic E-state index is 13.6. The second-order valence-electron chi connectivity index (χ2n) is 7.67. The Balaban J connectivity index is 1.56. The first-order valence-corrected chi connectivity index (χ1v) is 8.88. The molecule has 1 aliphatic carbocycles. The number of nitrogens with zero attached hydrogens (tertiary/aromatic N) is 1. The zero-order chi connectivity index (χ0) is 18.7. The Morgan fingerprint density at radius 1 is 1.35 bits per heavy atom. The Hall–Kier alpha value is -2.15. The van der Waals surface area contributed by atoms with Crippen molar-refractivity contribution < 1.29 is 23.4 Å². The van der Waals surface area contributed by atoms with Crippen molar-refractivity contribution in [2.45, 2.75) is 57.8 Å². The van der Waals surface area contributed by atoms with Gasteiger partial charge in [-0.15, -0.1) is 0 Å². The molecule has 1 fully saturated rings. The molecule has 1 aromatic rings. The average Bonchev–Trinajstić information content (AvgIpc) is 2.53. The van der Waals surface area contributed by atoms with Crippen molar-refractivity contribution in [2.24, 2.45) is 0 Å². The fourth-order valence-corrected chi connectivity index (χ4v) is 2.88. The molecule has 6 nitrogen and oxygen atoms in total. The summed E-state index contributed by atoms with van der Waals surface area (Å²) in [7, 11) is 0. The van der Waals surface area contributed by atoms with Gasteiger partial charge in [-0.1, -0.05) is 6.08 Å². The molecule has 26 heavy (non-hydrogen) atoms. The number of halogens is 1. The third-order valence-corrected chi connectivity index (χ3v) is 4.21. The van der Waals surface area contributed by atoms with E-state index in [-0.39, 0.29) is 17.7 Å². The van der Waals surface area contributed by atoms with Gasteiger partial charge in [-0.25, -0.2) is 14.2 Å². The third kappa shape index (κ3) is 4.94. The number of nitrogens with one attached hydrogen (secondary N) is 1. The summed E-state index contributed by atoms with van der Waals surface area (Å²) in [6.07, 6.45) is 4.28. The van der Waals surface area contributed by atoms with Crippen LogP contribution in [0, 0.1) is 5.82 Å². The summed E-state index contributed by atoms with van der Waals surface area (Å²) < 4.78 is 30.2. The molecular formula is C19H25FN2O4. The Morgan fingerprint density at radius 2 is 2.12 bits per heavy atom. The normalized spacial score (nSPS) is 22.8. The second kappa shape index (κ2) is 7.61. The summed E-state index contributed by atoms with van der Waals surface area (Å²) in [5.41, 5.74) is 1.32. The topological polar surface area (TPSA) is 69.7 Å². The van der Waals surface area contributed by atoms with Gasteiger partial charge in [0.25, 0.3) is 0 Å². The summed E-state index contributed by atoms with van der Waals surface area (Å²) in [6.45, 7) is 6.80. The fraction of sp³-hybridized carbons (Fsp3) is 0.579. The molecule has 142 valence electrons. The van der Waals surface area contributed by atoms with Crippen LogP contribution in [-0.4, -0.2) is 42.0 Å². The van der Waals surface area contributed by atoms with Crippen molar-refractivity contribution in [3.8, 4) is 5.88 Å². The SMILES string of the molecule is CC(C)(C)NC(=O)OC1CC(Oc2ncc(F)cc2C2=CCOCC2)C1. The third-order valence-electron chi connectivity index (χ3n) is 4.21. The highest BCUT2D eigenvalue weighted by Crippen LogP contribution is 2.33. The Morgan fingerprint density at radius 3 is 2.77 bits per heavy atom. The molecule has 1 N–H and O–H groups in total. The smallest absolute Gasteiger partial charge is 0.407 e. The minimum Gasteiger partial charge on any atom is -0.474 e. The molecule has 0 bridgehead atoms. The van der Waals surface area contributed by atoms with E-state index in [4.69, 9.17) is 14.2 Å². The van der Waals surface area contributed by atoms with Crippen molar-refractivity contribution in [1.82, 2.24) is 10.3 Å². The number of amides is 1. The average molecular weight is 364 g/mol. The van der Waals surface area contributed by atoms with Crippen LogP contribution in [0.25, 0.3) is 5.57 Å². The lowest BCUT2D eigenvalue weighted by Crippen LogP contribution is -2.46. The predicted octanol–water partition coefficient (Wildman–Crippen LogP) is 3.46. The van der Waals surface area contributed by atoms with E-state index in [0.29, 0.717) is 43.9 Å². The van der Waals surface area contributed by atoms with E-state index in [9.17, 15) is 9.18 Å². The Bertz CT molecular complexity index is 693. The second-order valence-corrected chi connectivity index (χ2v) is 7.67. The van der Waals surface area contributed by atoms with Crippen LogP contribution in [-0.2, 0) is 9.47 Å². The lowest BCUT2D eigenvalue weighted by atomic mass is 9.92. The fourth-order valence-electron chi connectivity index (χ4n) is 2.88. The monoisotopic (exact) mass is 364 g/mol. The molecule has 2 heterocycles. The molecule has 1 amide bonds. The Labute approximate surface area is 152 Å². The van der Waals surface area contributed by atoms with Crippen LogP contribution >= 0.6 is 0 Å². The van der Waals surface area contributed by atoms with Crippen LogP contribution in [0.4, 0.5) is 9.18 Å². The summed E-state index contributed by atoms with van der Waals surface area (Å²) in [5.74, 6) is 0.0237. The van der Waals surface area contributed by atoms with Crippen molar-refractivity contribution >= 4 is 11.7 Å². The molecule has 0 saturated heterocycles. The summed E-state index contributed by atoms with van der Waals surface area (Å²) in [5, 5.41) is 2.77. The number of rotatable bonds is 4. The molecule has 0 aromatic carbocycles. The van der Waals surface area contributed by atoms with Crippen molar-refractivity contribution in [2.75, 3.05) is 13.2 Å². The molecule has 1 aliphatic heterocycles. The number of ether oxygens (including phenoxy) is 3. The van der Waals surface area contributed by atoms with E-state index in [1.165, 1.54) is 6.07 Å². The largest absolute Gasteiger partial charge is 0.474 e. The number of carbonyl (C=O) groups excluding carboxylic acids is 1. The number of carbonyl (C=O) groups is 1. The van der Waals surface area contributed by atoms with Crippen LogP contribution in [0.5, 0.6) is 5.88 Å². The van der Waals surface area contributed by atoms with Crippen molar-refractivity contribution in [1.29, 1.82) is 0 Å². The number of hydrogen-bond acceptors (Lipinski definition) is 5. The van der Waals surface area contributed by atoms with Gasteiger partial charge in [-0.2, -0.15) is 0 Å². The molecule has 0 atom stereocenters. The van der Waals surface area contributed by atoms with E-state index < -0.39 is 11.9 Å². The highest BCUT2D eigenvalue weighted by molar-refractivity contribution is 5.70. The van der Waals surface area contributed by atoms with Crippen LogP contribution < -0.4 is 10.1 Å². The van der Waals surface area contributed by atoms with Gasteiger partial charge >= 0.3 is 6.09 Å². The van der Waals surface area contributed by atoms with Crippen molar-refractivity contribution in [3.05, 3.63) is 29.7 Å². The van der Waals surface area contributed by atoms with Gasteiger partial charge in [0.1, 0.15) is 18.0 Å². The highest BCUT2D eigenvalue weighted by Gasteiger charge is 2.35. The van der Waals surface area contributed by atoms with Crippen molar-refractivity contribution in [3.63, 3.8) is 0 Å². The van der Waals surface area contributed by atoms with E-state index in [1.807, 2.05) is 26.8 Å². The van der Waals surface area contributed by atoms with Gasteiger partial charge < -0.3 is 19.5 Å². The molecule has 3 rings (SSSR count). The standard InChI is InChI=1S/C19H25FN2O4/c1-19(2,3)22-18(23)26-15-9-14(10-15)25-17-16(8-13(20)11-21-17)12-4-6-24-7-5-12/h4,8,11,14-15H,5-7,9-10H2,1-3H3,(H,22,23). The number of alkyl carbamates (subject to hydrolysis) is 1. The van der Waals surface area contributed by atoms with E-state index in [0.717, 1.165) is 11.8 Å². The predicted molar refractivity (Wildman–Crippen MR) is 94.4 cm³/mol. The molecular weight excluding hydrogens is 339 g/mol. The van der Waals surface area contributed by atoms with E-state index in [1.54, 1.807) is 0 Å². The molecule has 0 unspecified atom stereocenters. The molecule has 1 saturated carbocycles. The zero-order valence-electron chi connectivity index (χ0n) is 15.4. The van der Waals surface area contributed by atoms with Gasteiger partial charge in [-0.05, 0) is 38.8 Å². The highest BCUT2D eigenvalue weighted by atomic mass is 19.1. The maximum Gasteiger partial charge on any atom is 0.407 e. The summed E-state index contributed by atoms with van der Waals surface area (Å²) in [4.78, 5) is 15.9. The van der Waals surface area contributed by atoms with Gasteiger partial charge in [0, 0.05) is 23.9 Å². The summed E-state index contributed by atoms with van der Waals surface area (Å²) >= 11 is 0. The van der Waals surface area contributed by atoms with E-state index >= 15 is 0 Å². The zero-order valence-corrected chi connectivity index (χ0v) is 15.4. The van der Waals surface area contributed by atoms with Crippen LogP contribution in [0.2, 0.25) is 0 Å². The first-order valence-electron chi connectivity index (χ1n) is 8.88. The molecule has 0 radical (unpaired) electrons. The maximum atomic E-state index is 13.6. The number of pyridine rings is 1. The van der Waals surface area contributed by atoms with Gasteiger partial charge in [0.2, 0.25) is 5.88 Å². The molecule has 1 aromatic heterocycles. The van der Waals surface area contributed by atoms with Crippen LogP contribution in [0.15, 0.2) is 18.3 Å². The van der Waals surface area contributed by atoms with E-state index in [2.05, 4.69) is 10.3 Å². The molecule has 7 heteroatoms. The molecule has 0 spiro atoms. The quantitative estimate of drug-likeness (QED) is 0.886. The number of hydrogen-bond donors (Lipinski definition) is 1. The first kappa shape index (κ1) is 18.6. The van der Waals surface area contributed by atoms with Crippen LogP contribution in [0.1, 0.15) is 45.6 Å². The number of aromatic nitrogens is 1. The lowest BCUT2D eigenvalue weighted by Gasteiger charge is -2.35. The lowest BCUT2D eigenvalue weighted by molar-refractivity contribution is -0.0261. The van der Waals surface area contributed by atoms with Crippen LogP contribution in [0.3, 0.4) is 0 Å². The van der Waals surface area contributed by atoms with Gasteiger partial charge in [-0.3, -0.25) is 0 Å². The first-order chi connectivity index (χ1) is 12.3. The Kier molecular flexibility index (Phi) is 5.46. The molecule has 2 aliphatic rings. The minimum absolute atomic E-state index is 0.0976. The van der Waals surface area contributed by atoms with Gasteiger partial charge in [0.05, 0.1) is 19.4 Å².